The van der Waals surface area contributed by atoms with Gasteiger partial charge in [0.2, 0.25) is 0 Å². The first kappa shape index (κ1) is 26.3. The molecule has 0 aliphatic carbocycles. The van der Waals surface area contributed by atoms with Crippen molar-refractivity contribution in [2.75, 3.05) is 11.4 Å². The lowest BCUT2D eigenvalue weighted by atomic mass is 9.99. The maximum Gasteiger partial charge on any atom is 0.408 e. The van der Waals surface area contributed by atoms with E-state index in [1.165, 1.54) is 0 Å². The number of hydrogen-bond donors (Lipinski definition) is 3. The maximum atomic E-state index is 12.6. The summed E-state index contributed by atoms with van der Waals surface area (Å²) in [4.78, 5) is 31.6. The molecule has 2 unspecified atom stereocenters. The van der Waals surface area contributed by atoms with Gasteiger partial charge in [-0.25, -0.2) is 14.6 Å². The molecule has 3 atom stereocenters. The van der Waals surface area contributed by atoms with E-state index in [-0.39, 0.29) is 18.1 Å². The van der Waals surface area contributed by atoms with Gasteiger partial charge in [0.1, 0.15) is 11.4 Å². The fraction of sp³-hybridized carbons (Fsp3) is 0.414. The second-order valence-electron chi connectivity index (χ2n) is 10.7. The molecule has 37 heavy (non-hydrogen) atoms. The van der Waals surface area contributed by atoms with Gasteiger partial charge in [0, 0.05) is 17.5 Å². The standard InChI is InChI=1S/C29H36N4O4/c1-18-10-9-13-21-17-22(19(2)30-28(36)37-29(3,4)5)26(32-25(18)21)33-15-14-23(31-27(34)35)24(33)16-20-11-7-6-8-12-20/h6-13,17,19,23-24,31H,14-16H2,1-5H3,(H,30,36)(H,34,35)/t19-,23?,24?/m0/s1. The van der Waals surface area contributed by atoms with E-state index in [1.807, 2.05) is 71.0 Å². The number of fused-ring (bicyclic) bond motifs is 1. The number of para-hydroxylation sites is 1. The second-order valence-corrected chi connectivity index (χ2v) is 10.7. The van der Waals surface area contributed by atoms with Crippen LogP contribution in [0.25, 0.3) is 10.9 Å². The third kappa shape index (κ3) is 6.31. The van der Waals surface area contributed by atoms with Crippen molar-refractivity contribution in [1.29, 1.82) is 0 Å². The number of amides is 2. The molecule has 4 rings (SSSR count). The summed E-state index contributed by atoms with van der Waals surface area (Å²) in [6, 6.07) is 17.4. The van der Waals surface area contributed by atoms with E-state index >= 15 is 0 Å². The van der Waals surface area contributed by atoms with Crippen molar-refractivity contribution < 1.29 is 19.4 Å². The molecule has 1 aromatic heterocycles. The fourth-order valence-electron chi connectivity index (χ4n) is 5.02. The Morgan fingerprint density at radius 3 is 2.57 bits per heavy atom. The third-order valence-corrected chi connectivity index (χ3v) is 6.67. The smallest absolute Gasteiger partial charge is 0.408 e. The minimum absolute atomic E-state index is 0.139. The summed E-state index contributed by atoms with van der Waals surface area (Å²) < 4.78 is 5.50. The molecule has 1 saturated heterocycles. The number of carboxylic acid groups (broad SMARTS) is 1. The Hall–Kier alpha value is -3.81. The molecule has 0 radical (unpaired) electrons. The number of anilines is 1. The van der Waals surface area contributed by atoms with Crippen LogP contribution in [0.1, 0.15) is 56.8 Å². The van der Waals surface area contributed by atoms with Crippen LogP contribution >= 0.6 is 0 Å². The predicted molar refractivity (Wildman–Crippen MR) is 145 cm³/mol. The van der Waals surface area contributed by atoms with E-state index in [1.54, 1.807) is 0 Å². The van der Waals surface area contributed by atoms with Crippen LogP contribution in [0, 0.1) is 6.92 Å². The molecule has 0 saturated carbocycles. The van der Waals surface area contributed by atoms with Crippen molar-refractivity contribution in [3.63, 3.8) is 0 Å². The van der Waals surface area contributed by atoms with Crippen molar-refractivity contribution in [2.45, 2.75) is 71.2 Å². The molecule has 3 aromatic rings. The largest absolute Gasteiger partial charge is 0.465 e. The van der Waals surface area contributed by atoms with Crippen LogP contribution in [0.5, 0.6) is 0 Å². The maximum absolute atomic E-state index is 12.6. The highest BCUT2D eigenvalue weighted by molar-refractivity contribution is 5.85. The molecular weight excluding hydrogens is 468 g/mol. The molecule has 8 heteroatoms. The highest BCUT2D eigenvalue weighted by atomic mass is 16.6. The molecule has 0 spiro atoms. The summed E-state index contributed by atoms with van der Waals surface area (Å²) >= 11 is 0. The zero-order chi connectivity index (χ0) is 26.7. The van der Waals surface area contributed by atoms with E-state index < -0.39 is 17.8 Å². The molecule has 2 aromatic carbocycles. The number of pyridine rings is 1. The van der Waals surface area contributed by atoms with Crippen molar-refractivity contribution in [3.05, 3.63) is 71.3 Å². The van der Waals surface area contributed by atoms with Crippen molar-refractivity contribution >= 4 is 28.9 Å². The van der Waals surface area contributed by atoms with Gasteiger partial charge in [-0.3, -0.25) is 0 Å². The lowest BCUT2D eigenvalue weighted by Crippen LogP contribution is -2.46. The summed E-state index contributed by atoms with van der Waals surface area (Å²) in [7, 11) is 0. The summed E-state index contributed by atoms with van der Waals surface area (Å²) in [6.07, 6.45) is -0.215. The third-order valence-electron chi connectivity index (χ3n) is 6.67. The predicted octanol–water partition coefficient (Wildman–Crippen LogP) is 5.59. The highest BCUT2D eigenvalue weighted by Crippen LogP contribution is 2.35. The lowest BCUT2D eigenvalue weighted by molar-refractivity contribution is 0.0508. The van der Waals surface area contributed by atoms with Gasteiger partial charge < -0.3 is 25.4 Å². The lowest BCUT2D eigenvalue weighted by Gasteiger charge is -2.32. The average molecular weight is 505 g/mol. The Labute approximate surface area is 218 Å². The number of aromatic nitrogens is 1. The Kier molecular flexibility index (Phi) is 7.57. The SMILES string of the molecule is Cc1cccc2cc([C@H](C)NC(=O)OC(C)(C)C)c(N3CCC(NC(=O)O)C3Cc3ccccc3)nc12. The number of carbonyl (C=O) groups excluding carboxylic acids is 1. The molecule has 1 aliphatic rings. The topological polar surface area (TPSA) is 104 Å². The van der Waals surface area contributed by atoms with E-state index in [2.05, 4.69) is 33.7 Å². The van der Waals surface area contributed by atoms with E-state index in [0.29, 0.717) is 19.4 Å². The molecule has 8 nitrogen and oxygen atoms in total. The van der Waals surface area contributed by atoms with Crippen LogP contribution in [-0.2, 0) is 11.2 Å². The number of hydrogen-bond acceptors (Lipinski definition) is 5. The van der Waals surface area contributed by atoms with Gasteiger partial charge in [0.15, 0.2) is 0 Å². The number of alkyl carbamates (subject to hydrolysis) is 1. The molecule has 2 amide bonds. The quantitative estimate of drug-likeness (QED) is 0.405. The van der Waals surface area contributed by atoms with E-state index in [9.17, 15) is 14.7 Å². The zero-order valence-corrected chi connectivity index (χ0v) is 22.1. The monoisotopic (exact) mass is 504 g/mol. The van der Waals surface area contributed by atoms with Crippen LogP contribution in [0.15, 0.2) is 54.6 Å². The van der Waals surface area contributed by atoms with Crippen LogP contribution in [0.2, 0.25) is 0 Å². The molecule has 1 aliphatic heterocycles. The number of ether oxygens (including phenoxy) is 1. The van der Waals surface area contributed by atoms with E-state index in [0.717, 1.165) is 33.4 Å². The van der Waals surface area contributed by atoms with Crippen LogP contribution in [0.3, 0.4) is 0 Å². The zero-order valence-electron chi connectivity index (χ0n) is 22.1. The summed E-state index contributed by atoms with van der Waals surface area (Å²) in [5.74, 6) is 0.751. The Bertz CT molecular complexity index is 1270. The Morgan fingerprint density at radius 2 is 1.89 bits per heavy atom. The molecule has 196 valence electrons. The van der Waals surface area contributed by atoms with Crippen LogP contribution < -0.4 is 15.5 Å². The minimum Gasteiger partial charge on any atom is -0.465 e. The van der Waals surface area contributed by atoms with Gasteiger partial charge in [-0.2, -0.15) is 0 Å². The normalized spacial score (nSPS) is 18.5. The summed E-state index contributed by atoms with van der Waals surface area (Å²) in [5.41, 5.74) is 3.31. The molecule has 3 N–H and O–H groups in total. The number of benzene rings is 2. The highest BCUT2D eigenvalue weighted by Gasteiger charge is 2.38. The number of aryl methyl sites for hydroxylation is 1. The first-order valence-corrected chi connectivity index (χ1v) is 12.7. The number of nitrogens with one attached hydrogen (secondary N) is 2. The Morgan fingerprint density at radius 1 is 1.16 bits per heavy atom. The number of rotatable bonds is 6. The van der Waals surface area contributed by atoms with Crippen molar-refractivity contribution in [3.8, 4) is 0 Å². The first-order chi connectivity index (χ1) is 17.5. The van der Waals surface area contributed by atoms with Crippen molar-refractivity contribution in [2.24, 2.45) is 0 Å². The van der Waals surface area contributed by atoms with Gasteiger partial charge >= 0.3 is 12.2 Å². The Balaban J connectivity index is 1.77. The molecule has 2 heterocycles. The second kappa shape index (κ2) is 10.7. The van der Waals surface area contributed by atoms with Crippen LogP contribution in [0.4, 0.5) is 15.4 Å². The van der Waals surface area contributed by atoms with Crippen molar-refractivity contribution in [1.82, 2.24) is 15.6 Å². The van der Waals surface area contributed by atoms with Gasteiger partial charge in [-0.05, 0) is 64.7 Å². The van der Waals surface area contributed by atoms with Gasteiger partial charge in [0.05, 0.1) is 23.6 Å². The summed E-state index contributed by atoms with van der Waals surface area (Å²) in [6.45, 7) is 10.1. The number of carbonyl (C=O) groups is 2. The van der Waals surface area contributed by atoms with Gasteiger partial charge in [-0.1, -0.05) is 48.5 Å². The van der Waals surface area contributed by atoms with Crippen LogP contribution in [-0.4, -0.2) is 46.5 Å². The molecule has 0 bridgehead atoms. The van der Waals surface area contributed by atoms with Gasteiger partial charge in [-0.15, -0.1) is 0 Å². The molecule has 1 fully saturated rings. The molecular formula is C29H36N4O4. The fourth-order valence-corrected chi connectivity index (χ4v) is 5.02. The van der Waals surface area contributed by atoms with E-state index in [4.69, 9.17) is 9.72 Å². The number of nitrogens with zero attached hydrogens (tertiary/aromatic N) is 2. The minimum atomic E-state index is -1.03. The first-order valence-electron chi connectivity index (χ1n) is 12.7. The van der Waals surface area contributed by atoms with Gasteiger partial charge in [0.25, 0.3) is 0 Å². The average Bonchev–Trinajstić information content (AvgIpc) is 3.19. The summed E-state index contributed by atoms with van der Waals surface area (Å²) in [5, 5.41) is 16.2.